The van der Waals surface area contributed by atoms with Gasteiger partial charge in [0.2, 0.25) is 5.91 Å². The third-order valence-corrected chi connectivity index (χ3v) is 5.24. The summed E-state index contributed by atoms with van der Waals surface area (Å²) in [5.41, 5.74) is 2.98. The summed E-state index contributed by atoms with van der Waals surface area (Å²) >= 11 is 0. The fourth-order valence-electron chi connectivity index (χ4n) is 3.54. The molecule has 2 aromatic carbocycles. The van der Waals surface area contributed by atoms with E-state index in [2.05, 4.69) is 15.1 Å². The van der Waals surface area contributed by atoms with Crippen molar-refractivity contribution in [3.8, 4) is 0 Å². The number of ether oxygens (including phenoxy) is 1. The summed E-state index contributed by atoms with van der Waals surface area (Å²) in [6, 6.07) is 14.9. The van der Waals surface area contributed by atoms with E-state index in [0.717, 1.165) is 56.1 Å². The van der Waals surface area contributed by atoms with Crippen molar-refractivity contribution in [2.45, 2.75) is 25.4 Å². The van der Waals surface area contributed by atoms with Crippen LogP contribution in [0.1, 0.15) is 18.4 Å². The Balaban J connectivity index is 1.32. The molecule has 28 heavy (non-hydrogen) atoms. The molecule has 1 saturated heterocycles. The Morgan fingerprint density at radius 3 is 2.39 bits per heavy atom. The number of nitrogens with zero attached hydrogens (tertiary/aromatic N) is 2. The smallest absolute Gasteiger partial charge is 0.238 e. The molecule has 2 fully saturated rings. The van der Waals surface area contributed by atoms with E-state index >= 15 is 0 Å². The van der Waals surface area contributed by atoms with Crippen LogP contribution >= 0.6 is 0 Å². The third-order valence-electron chi connectivity index (χ3n) is 5.24. The van der Waals surface area contributed by atoms with E-state index in [1.807, 2.05) is 24.3 Å². The van der Waals surface area contributed by atoms with Crippen LogP contribution in [0, 0.1) is 5.82 Å². The van der Waals surface area contributed by atoms with Crippen molar-refractivity contribution < 1.29 is 13.9 Å². The quantitative estimate of drug-likeness (QED) is 0.797. The zero-order valence-corrected chi connectivity index (χ0v) is 15.9. The molecular formula is C22H26FN3O2. The molecule has 2 aromatic rings. The van der Waals surface area contributed by atoms with E-state index in [4.69, 9.17) is 4.74 Å². The predicted octanol–water partition coefficient (Wildman–Crippen LogP) is 3.27. The van der Waals surface area contributed by atoms with Crippen molar-refractivity contribution in [2.24, 2.45) is 0 Å². The van der Waals surface area contributed by atoms with Crippen LogP contribution in [-0.2, 0) is 16.1 Å². The molecule has 1 aliphatic heterocycles. The largest absolute Gasteiger partial charge is 0.378 e. The molecule has 0 aromatic heterocycles. The van der Waals surface area contributed by atoms with Gasteiger partial charge < -0.3 is 15.0 Å². The van der Waals surface area contributed by atoms with Crippen LogP contribution in [0.3, 0.4) is 0 Å². The van der Waals surface area contributed by atoms with E-state index < -0.39 is 0 Å². The summed E-state index contributed by atoms with van der Waals surface area (Å²) in [5.74, 6) is -0.256. The topological polar surface area (TPSA) is 44.8 Å². The van der Waals surface area contributed by atoms with Gasteiger partial charge in [-0.05, 0) is 54.8 Å². The van der Waals surface area contributed by atoms with Gasteiger partial charge in [0.25, 0.3) is 0 Å². The Hall–Kier alpha value is -2.44. The highest BCUT2D eigenvalue weighted by Gasteiger charge is 2.30. The lowest BCUT2D eigenvalue weighted by molar-refractivity contribution is -0.117. The zero-order chi connectivity index (χ0) is 19.3. The number of carbonyl (C=O) groups excluding carboxylic acids is 1. The molecule has 1 amide bonds. The van der Waals surface area contributed by atoms with Gasteiger partial charge in [-0.3, -0.25) is 9.69 Å². The van der Waals surface area contributed by atoms with Gasteiger partial charge in [0.1, 0.15) is 5.82 Å². The lowest BCUT2D eigenvalue weighted by atomic mass is 10.2. The molecular weight excluding hydrogens is 357 g/mol. The number of halogens is 1. The van der Waals surface area contributed by atoms with E-state index in [1.165, 1.54) is 12.1 Å². The van der Waals surface area contributed by atoms with Crippen LogP contribution < -0.4 is 10.2 Å². The van der Waals surface area contributed by atoms with E-state index in [0.29, 0.717) is 19.1 Å². The normalized spacial score (nSPS) is 17.0. The van der Waals surface area contributed by atoms with Crippen LogP contribution in [0.2, 0.25) is 0 Å². The number of benzene rings is 2. The number of carbonyl (C=O) groups is 1. The minimum Gasteiger partial charge on any atom is -0.378 e. The number of amides is 1. The van der Waals surface area contributed by atoms with Gasteiger partial charge in [0.15, 0.2) is 0 Å². The maximum absolute atomic E-state index is 13.1. The molecule has 1 N–H and O–H groups in total. The minimum absolute atomic E-state index is 0.0202. The molecule has 0 atom stereocenters. The van der Waals surface area contributed by atoms with Crippen LogP contribution in [0.15, 0.2) is 48.5 Å². The predicted molar refractivity (Wildman–Crippen MR) is 108 cm³/mol. The van der Waals surface area contributed by atoms with Crippen molar-refractivity contribution in [2.75, 3.05) is 43.1 Å². The first-order chi connectivity index (χ1) is 13.7. The molecule has 148 valence electrons. The fourth-order valence-corrected chi connectivity index (χ4v) is 3.54. The lowest BCUT2D eigenvalue weighted by Crippen LogP contribution is -2.36. The van der Waals surface area contributed by atoms with Crippen LogP contribution in [-0.4, -0.2) is 49.7 Å². The average molecular weight is 383 g/mol. The second-order valence-corrected chi connectivity index (χ2v) is 7.46. The Labute approximate surface area is 165 Å². The summed E-state index contributed by atoms with van der Waals surface area (Å²) in [6.07, 6.45) is 2.23. The Morgan fingerprint density at radius 1 is 1.07 bits per heavy atom. The lowest BCUT2D eigenvalue weighted by Gasteiger charge is -2.29. The Morgan fingerprint density at radius 2 is 1.75 bits per heavy atom. The maximum Gasteiger partial charge on any atom is 0.238 e. The first-order valence-electron chi connectivity index (χ1n) is 9.88. The van der Waals surface area contributed by atoms with E-state index in [1.54, 1.807) is 12.1 Å². The second-order valence-electron chi connectivity index (χ2n) is 7.46. The van der Waals surface area contributed by atoms with Crippen LogP contribution in [0.5, 0.6) is 0 Å². The average Bonchev–Trinajstić information content (AvgIpc) is 3.56. The molecule has 0 unspecified atom stereocenters. The van der Waals surface area contributed by atoms with Crippen molar-refractivity contribution in [1.29, 1.82) is 0 Å². The Bertz CT molecular complexity index is 784. The van der Waals surface area contributed by atoms with Gasteiger partial charge in [-0.15, -0.1) is 0 Å². The van der Waals surface area contributed by atoms with Crippen LogP contribution in [0.4, 0.5) is 15.8 Å². The van der Waals surface area contributed by atoms with Gasteiger partial charge in [-0.2, -0.15) is 0 Å². The third kappa shape index (κ3) is 5.09. The molecule has 1 heterocycles. The molecule has 2 aliphatic rings. The van der Waals surface area contributed by atoms with E-state index in [9.17, 15) is 9.18 Å². The zero-order valence-electron chi connectivity index (χ0n) is 15.9. The number of hydrogen-bond acceptors (Lipinski definition) is 4. The van der Waals surface area contributed by atoms with Crippen molar-refractivity contribution in [1.82, 2.24) is 4.90 Å². The summed E-state index contributed by atoms with van der Waals surface area (Å²) < 4.78 is 18.5. The Kier molecular flexibility index (Phi) is 5.88. The monoisotopic (exact) mass is 383 g/mol. The number of hydrogen-bond donors (Lipinski definition) is 1. The van der Waals surface area contributed by atoms with Gasteiger partial charge in [-0.25, -0.2) is 4.39 Å². The van der Waals surface area contributed by atoms with Gasteiger partial charge >= 0.3 is 0 Å². The number of morpholine rings is 1. The molecule has 6 heteroatoms. The maximum atomic E-state index is 13.1. The minimum atomic E-state index is -0.236. The van der Waals surface area contributed by atoms with Crippen LogP contribution in [0.25, 0.3) is 0 Å². The molecule has 0 bridgehead atoms. The van der Waals surface area contributed by atoms with Gasteiger partial charge in [0.05, 0.1) is 19.8 Å². The highest BCUT2D eigenvalue weighted by molar-refractivity contribution is 5.92. The number of rotatable bonds is 7. The molecule has 1 aliphatic carbocycles. The van der Waals surface area contributed by atoms with Gasteiger partial charge in [0, 0.05) is 37.1 Å². The first-order valence-corrected chi connectivity index (χ1v) is 9.88. The summed E-state index contributed by atoms with van der Waals surface area (Å²) in [4.78, 5) is 17.0. The van der Waals surface area contributed by atoms with E-state index in [-0.39, 0.29) is 11.7 Å². The molecule has 1 saturated carbocycles. The number of anilines is 2. The standard InChI is InChI=1S/C22H26FN3O2/c23-18-3-1-17(2-4-18)15-26(21-9-10-21)16-22(27)24-19-5-7-20(8-6-19)25-11-13-28-14-12-25/h1-8,21H,9-16H2,(H,24,27). The molecule has 0 spiro atoms. The van der Waals surface area contributed by atoms with Gasteiger partial charge in [-0.1, -0.05) is 12.1 Å². The summed E-state index contributed by atoms with van der Waals surface area (Å²) in [7, 11) is 0. The fraction of sp³-hybridized carbons (Fsp3) is 0.409. The molecule has 4 rings (SSSR count). The molecule has 0 radical (unpaired) electrons. The highest BCUT2D eigenvalue weighted by Crippen LogP contribution is 2.28. The SMILES string of the molecule is O=C(CN(Cc1ccc(F)cc1)C1CC1)Nc1ccc(N2CCOCC2)cc1. The second kappa shape index (κ2) is 8.71. The molecule has 5 nitrogen and oxygen atoms in total. The summed E-state index contributed by atoms with van der Waals surface area (Å²) in [6.45, 7) is 4.30. The first kappa shape index (κ1) is 18.9. The van der Waals surface area contributed by atoms with Crippen molar-refractivity contribution in [3.63, 3.8) is 0 Å². The van der Waals surface area contributed by atoms with Crippen molar-refractivity contribution >= 4 is 17.3 Å². The number of nitrogens with one attached hydrogen (secondary N) is 1. The summed E-state index contributed by atoms with van der Waals surface area (Å²) in [5, 5.41) is 3.00. The van der Waals surface area contributed by atoms with Crippen molar-refractivity contribution in [3.05, 3.63) is 59.9 Å². The highest BCUT2D eigenvalue weighted by atomic mass is 19.1.